The summed E-state index contributed by atoms with van der Waals surface area (Å²) in [6.45, 7) is 3.24. The van der Waals surface area contributed by atoms with Crippen LogP contribution >= 0.6 is 7.75 Å². The van der Waals surface area contributed by atoms with E-state index in [4.69, 9.17) is 29.0 Å². The largest absolute Gasteiger partial charge is 0.479 e. The van der Waals surface area contributed by atoms with Gasteiger partial charge >= 0.3 is 13.7 Å². The molecule has 0 bridgehead atoms. The lowest BCUT2D eigenvalue weighted by Crippen LogP contribution is -2.37. The van der Waals surface area contributed by atoms with Crippen molar-refractivity contribution in [2.45, 2.75) is 45.1 Å². The first kappa shape index (κ1) is 28.3. The number of anilines is 1. The van der Waals surface area contributed by atoms with Crippen LogP contribution in [-0.4, -0.2) is 58.5 Å². The number of rotatable bonds is 11. The minimum Gasteiger partial charge on any atom is -0.479 e. The Balaban J connectivity index is 1.58. The average molecular weight is 560 g/mol. The first-order chi connectivity index (χ1) is 18.6. The van der Waals surface area contributed by atoms with Gasteiger partial charge in [-0.05, 0) is 31.9 Å². The number of imidazole rings is 1. The van der Waals surface area contributed by atoms with Gasteiger partial charge in [-0.25, -0.2) is 9.55 Å². The second kappa shape index (κ2) is 11.5. The molecule has 1 fully saturated rings. The second-order valence-corrected chi connectivity index (χ2v) is 10.8. The van der Waals surface area contributed by atoms with Crippen LogP contribution in [0.2, 0.25) is 0 Å². The van der Waals surface area contributed by atoms with Crippen LogP contribution < -0.4 is 20.1 Å². The summed E-state index contributed by atoms with van der Waals surface area (Å²) in [5, 5.41) is 12.7. The fourth-order valence-corrected chi connectivity index (χ4v) is 5.89. The smallest absolute Gasteiger partial charge is 0.459 e. The minimum atomic E-state index is -4.11. The maximum Gasteiger partial charge on any atom is 0.459 e. The Kier molecular flexibility index (Phi) is 8.36. The number of carbonyl (C=O) groups is 1. The molecule has 14 nitrogen and oxygen atoms in total. The number of ether oxygens (including phenoxy) is 3. The fraction of sp³-hybridized carbons (Fsp3) is 0.458. The van der Waals surface area contributed by atoms with E-state index in [-0.39, 0.29) is 37.0 Å². The third-order valence-corrected chi connectivity index (χ3v) is 7.80. The van der Waals surface area contributed by atoms with Gasteiger partial charge in [-0.15, -0.1) is 0 Å². The van der Waals surface area contributed by atoms with Crippen LogP contribution in [0.3, 0.4) is 0 Å². The molecule has 15 heteroatoms. The third-order valence-electron chi connectivity index (χ3n) is 6.23. The van der Waals surface area contributed by atoms with Gasteiger partial charge in [-0.2, -0.15) is 20.3 Å². The Labute approximate surface area is 225 Å². The molecular weight excluding hydrogens is 529 g/mol. The molecule has 1 aliphatic heterocycles. The van der Waals surface area contributed by atoms with Gasteiger partial charge < -0.3 is 24.5 Å². The molecule has 0 saturated carbocycles. The first-order valence-electron chi connectivity index (χ1n) is 12.1. The number of aromatic nitrogens is 4. The number of methoxy groups -OCH3 is 2. The van der Waals surface area contributed by atoms with E-state index in [1.807, 2.05) is 0 Å². The van der Waals surface area contributed by atoms with E-state index >= 15 is 0 Å². The normalized spacial score (nSPS) is 23.1. The number of hydrogen-bond donors (Lipinski definition) is 2. The van der Waals surface area contributed by atoms with Crippen LogP contribution in [0.1, 0.15) is 32.9 Å². The fourth-order valence-electron chi connectivity index (χ4n) is 4.28. The Bertz CT molecular complexity index is 1410. The van der Waals surface area contributed by atoms with Gasteiger partial charge in [0.1, 0.15) is 17.2 Å². The zero-order valence-corrected chi connectivity index (χ0v) is 22.8. The van der Waals surface area contributed by atoms with Crippen molar-refractivity contribution < 1.29 is 32.6 Å². The van der Waals surface area contributed by atoms with Crippen LogP contribution in [0, 0.1) is 16.7 Å². The van der Waals surface area contributed by atoms with Crippen LogP contribution in [0.15, 0.2) is 36.7 Å². The maximum atomic E-state index is 13.8. The van der Waals surface area contributed by atoms with E-state index in [1.165, 1.54) is 20.5 Å². The number of nitrogens with one attached hydrogen (secondary N) is 1. The standard InChI is InChI=1S/C24H30N7O7P/c1-5-17(21(32)35-4)30-39(33,38-15-9-7-6-8-10-15)36-12-16-11-24(2,13-25)22(37-16)31-14-27-18-19(31)28-23(26)29-20(18)34-3/h6-10,14,16-17,22H,5,11-12H2,1-4H3,(H,30,33)(H2,26,28,29). The molecule has 0 spiro atoms. The highest BCUT2D eigenvalue weighted by molar-refractivity contribution is 7.52. The Morgan fingerprint density at radius 1 is 1.36 bits per heavy atom. The zero-order chi connectivity index (χ0) is 28.2. The molecule has 1 aliphatic rings. The summed E-state index contributed by atoms with van der Waals surface area (Å²) in [5.74, 6) is -0.181. The molecule has 5 unspecified atom stereocenters. The zero-order valence-electron chi connectivity index (χ0n) is 21.9. The van der Waals surface area contributed by atoms with Crippen molar-refractivity contribution >= 4 is 30.8 Å². The van der Waals surface area contributed by atoms with Crippen molar-refractivity contribution in [3.05, 3.63) is 36.7 Å². The minimum absolute atomic E-state index is 0.0289. The van der Waals surface area contributed by atoms with Gasteiger partial charge in [-0.3, -0.25) is 13.9 Å². The molecule has 39 heavy (non-hydrogen) atoms. The van der Waals surface area contributed by atoms with Crippen molar-refractivity contribution in [3.63, 3.8) is 0 Å². The molecule has 5 atom stereocenters. The lowest BCUT2D eigenvalue weighted by atomic mass is 9.87. The number of para-hydroxylation sites is 1. The van der Waals surface area contributed by atoms with Crippen LogP contribution in [0.5, 0.6) is 11.6 Å². The Morgan fingerprint density at radius 2 is 2.10 bits per heavy atom. The van der Waals surface area contributed by atoms with Crippen molar-refractivity contribution in [1.82, 2.24) is 24.6 Å². The summed E-state index contributed by atoms with van der Waals surface area (Å²) in [6, 6.07) is 9.78. The molecule has 208 valence electrons. The number of benzene rings is 1. The summed E-state index contributed by atoms with van der Waals surface area (Å²) < 4.78 is 43.1. The molecule has 0 radical (unpaired) electrons. The highest BCUT2D eigenvalue weighted by Gasteiger charge is 2.48. The highest BCUT2D eigenvalue weighted by atomic mass is 31.2. The number of nitrogens with zero attached hydrogens (tertiary/aromatic N) is 5. The lowest BCUT2D eigenvalue weighted by Gasteiger charge is -2.25. The van der Waals surface area contributed by atoms with Gasteiger partial charge in [0.15, 0.2) is 17.4 Å². The van der Waals surface area contributed by atoms with Crippen LogP contribution in [0.25, 0.3) is 11.2 Å². The maximum absolute atomic E-state index is 13.8. The van der Waals surface area contributed by atoms with E-state index in [9.17, 15) is 14.6 Å². The molecule has 3 heterocycles. The molecule has 3 aromatic rings. The molecule has 1 aromatic carbocycles. The Hall–Kier alpha value is -3.76. The van der Waals surface area contributed by atoms with Crippen molar-refractivity contribution in [3.8, 4) is 17.7 Å². The topological polar surface area (TPSA) is 186 Å². The van der Waals surface area contributed by atoms with Crippen molar-refractivity contribution in [2.24, 2.45) is 5.41 Å². The quantitative estimate of drug-likeness (QED) is 0.258. The predicted molar refractivity (Wildman–Crippen MR) is 138 cm³/mol. The van der Waals surface area contributed by atoms with E-state index < -0.39 is 37.5 Å². The van der Waals surface area contributed by atoms with E-state index in [1.54, 1.807) is 48.7 Å². The third kappa shape index (κ3) is 5.97. The van der Waals surface area contributed by atoms with Crippen LogP contribution in [0.4, 0.5) is 5.95 Å². The van der Waals surface area contributed by atoms with E-state index in [0.717, 1.165) is 0 Å². The monoisotopic (exact) mass is 559 g/mol. The number of carbonyl (C=O) groups excluding carboxylic acids is 1. The van der Waals surface area contributed by atoms with Gasteiger partial charge in [0.25, 0.3) is 0 Å². The lowest BCUT2D eigenvalue weighted by molar-refractivity contribution is -0.142. The summed E-state index contributed by atoms with van der Waals surface area (Å²) in [6.07, 6.45) is 0.463. The molecule has 4 rings (SSSR count). The number of esters is 1. The highest BCUT2D eigenvalue weighted by Crippen LogP contribution is 2.49. The predicted octanol–water partition coefficient (Wildman–Crippen LogP) is 2.98. The summed E-state index contributed by atoms with van der Waals surface area (Å²) in [4.78, 5) is 24.8. The number of fused-ring (bicyclic) bond motifs is 1. The summed E-state index contributed by atoms with van der Waals surface area (Å²) in [5.41, 5.74) is 5.49. The number of nitriles is 1. The molecule has 0 amide bonds. The van der Waals surface area contributed by atoms with E-state index in [0.29, 0.717) is 11.2 Å². The molecule has 0 aliphatic carbocycles. The summed E-state index contributed by atoms with van der Waals surface area (Å²) >= 11 is 0. The van der Waals surface area contributed by atoms with Gasteiger partial charge in [-0.1, -0.05) is 25.1 Å². The molecular formula is C24H30N7O7P. The first-order valence-corrected chi connectivity index (χ1v) is 13.6. The SMILES string of the molecule is CCC(NP(=O)(OCC1CC(C)(C#N)C(n2cnc3c(OC)nc(N)nc32)O1)Oc1ccccc1)C(=O)OC. The van der Waals surface area contributed by atoms with Crippen molar-refractivity contribution in [1.29, 1.82) is 5.26 Å². The van der Waals surface area contributed by atoms with Gasteiger partial charge in [0.05, 0.1) is 39.3 Å². The number of nitrogen functional groups attached to an aromatic ring is 1. The molecule has 1 saturated heterocycles. The van der Waals surface area contributed by atoms with Crippen molar-refractivity contribution in [2.75, 3.05) is 26.6 Å². The van der Waals surface area contributed by atoms with E-state index in [2.05, 4.69) is 26.1 Å². The molecule has 2 aromatic heterocycles. The van der Waals surface area contributed by atoms with Crippen LogP contribution in [-0.2, 0) is 23.4 Å². The molecule has 3 N–H and O–H groups in total. The number of hydrogen-bond acceptors (Lipinski definition) is 12. The number of nitrogens with two attached hydrogens (primary N) is 1. The summed E-state index contributed by atoms with van der Waals surface area (Å²) in [7, 11) is -1.43. The van der Waals surface area contributed by atoms with Gasteiger partial charge in [0, 0.05) is 0 Å². The Morgan fingerprint density at radius 3 is 2.74 bits per heavy atom. The average Bonchev–Trinajstić information content (AvgIpc) is 3.50. The second-order valence-electron chi connectivity index (χ2n) is 9.07. The van der Waals surface area contributed by atoms with Gasteiger partial charge in [0.2, 0.25) is 11.8 Å².